The maximum Gasteiger partial charge on any atom is 0.307 e. The molecule has 0 saturated carbocycles. The highest BCUT2D eigenvalue weighted by molar-refractivity contribution is 9.10. The summed E-state index contributed by atoms with van der Waals surface area (Å²) in [6.45, 7) is 0.952. The van der Waals surface area contributed by atoms with Crippen LogP contribution < -0.4 is 10.1 Å². The lowest BCUT2D eigenvalue weighted by atomic mass is 10.1. The minimum atomic E-state index is -0.338. The Kier molecular flexibility index (Phi) is 8.84. The zero-order valence-corrected chi connectivity index (χ0v) is 17.0. The molecule has 2 rings (SSSR count). The van der Waals surface area contributed by atoms with Crippen LogP contribution in [0, 0.1) is 0 Å². The van der Waals surface area contributed by atoms with Gasteiger partial charge in [0.1, 0.15) is 5.75 Å². The fourth-order valence-corrected chi connectivity index (χ4v) is 2.72. The SMILES string of the molecule is COC(=O)CCNC(=O)c1ccc(CCCCOc2ccc(Br)cc2)cc1. The van der Waals surface area contributed by atoms with E-state index in [2.05, 4.69) is 26.0 Å². The van der Waals surface area contributed by atoms with Crippen molar-refractivity contribution >= 4 is 27.8 Å². The third kappa shape index (κ3) is 7.83. The summed E-state index contributed by atoms with van der Waals surface area (Å²) in [6, 6.07) is 15.3. The van der Waals surface area contributed by atoms with E-state index < -0.39 is 0 Å². The number of benzene rings is 2. The zero-order valence-electron chi connectivity index (χ0n) is 15.4. The Morgan fingerprint density at radius 2 is 1.70 bits per heavy atom. The second kappa shape index (κ2) is 11.4. The van der Waals surface area contributed by atoms with Crippen molar-refractivity contribution in [2.24, 2.45) is 0 Å². The molecule has 6 heteroatoms. The number of hydrogen-bond acceptors (Lipinski definition) is 4. The van der Waals surface area contributed by atoms with Gasteiger partial charge in [0.15, 0.2) is 0 Å². The van der Waals surface area contributed by atoms with Gasteiger partial charge in [-0.15, -0.1) is 0 Å². The van der Waals surface area contributed by atoms with E-state index in [-0.39, 0.29) is 24.8 Å². The molecule has 144 valence electrons. The summed E-state index contributed by atoms with van der Waals surface area (Å²) in [6.07, 6.45) is 3.09. The van der Waals surface area contributed by atoms with Crippen molar-refractivity contribution in [3.05, 3.63) is 64.1 Å². The van der Waals surface area contributed by atoms with E-state index in [1.807, 2.05) is 36.4 Å². The van der Waals surface area contributed by atoms with Gasteiger partial charge in [0.25, 0.3) is 5.91 Å². The average molecular weight is 434 g/mol. The number of nitrogens with one attached hydrogen (secondary N) is 1. The Morgan fingerprint density at radius 3 is 2.37 bits per heavy atom. The first-order valence-electron chi connectivity index (χ1n) is 8.91. The normalized spacial score (nSPS) is 10.3. The third-order valence-corrected chi connectivity index (χ3v) is 4.53. The van der Waals surface area contributed by atoms with Crippen molar-refractivity contribution in [3.63, 3.8) is 0 Å². The van der Waals surface area contributed by atoms with Gasteiger partial charge in [-0.05, 0) is 61.2 Å². The number of rotatable bonds is 10. The number of aryl methyl sites for hydroxylation is 1. The Balaban J connectivity index is 1.65. The summed E-state index contributed by atoms with van der Waals surface area (Å²) in [4.78, 5) is 23.0. The molecule has 27 heavy (non-hydrogen) atoms. The number of hydrogen-bond donors (Lipinski definition) is 1. The van der Waals surface area contributed by atoms with Gasteiger partial charge in [-0.2, -0.15) is 0 Å². The molecular formula is C21H24BrNO4. The molecule has 0 radical (unpaired) electrons. The summed E-state index contributed by atoms with van der Waals surface area (Å²) in [5.41, 5.74) is 1.77. The van der Waals surface area contributed by atoms with Gasteiger partial charge in [-0.25, -0.2) is 0 Å². The first-order chi connectivity index (χ1) is 13.1. The molecule has 0 spiro atoms. The van der Waals surface area contributed by atoms with Gasteiger partial charge >= 0.3 is 5.97 Å². The highest BCUT2D eigenvalue weighted by Gasteiger charge is 2.06. The number of amides is 1. The van der Waals surface area contributed by atoms with E-state index in [0.29, 0.717) is 12.2 Å². The van der Waals surface area contributed by atoms with Crippen LogP contribution >= 0.6 is 15.9 Å². The predicted molar refractivity (Wildman–Crippen MR) is 108 cm³/mol. The maximum absolute atomic E-state index is 12.0. The number of halogens is 1. The summed E-state index contributed by atoms with van der Waals surface area (Å²) in [5.74, 6) is 0.351. The van der Waals surface area contributed by atoms with E-state index in [9.17, 15) is 9.59 Å². The Hall–Kier alpha value is -2.34. The molecule has 0 saturated heterocycles. The molecule has 0 bridgehead atoms. The van der Waals surface area contributed by atoms with Gasteiger partial charge in [0, 0.05) is 16.6 Å². The van der Waals surface area contributed by atoms with E-state index in [4.69, 9.17) is 4.74 Å². The summed E-state index contributed by atoms with van der Waals surface area (Å²) < 4.78 is 11.3. The Labute approximate surface area is 168 Å². The smallest absolute Gasteiger partial charge is 0.307 e. The predicted octanol–water partition coefficient (Wildman–Crippen LogP) is 4.14. The highest BCUT2D eigenvalue weighted by Crippen LogP contribution is 2.16. The molecule has 1 N–H and O–H groups in total. The van der Waals surface area contributed by atoms with Crippen LogP contribution in [0.3, 0.4) is 0 Å². The van der Waals surface area contributed by atoms with E-state index in [1.54, 1.807) is 12.1 Å². The molecule has 0 unspecified atom stereocenters. The number of unbranched alkanes of at least 4 members (excludes halogenated alkanes) is 1. The maximum atomic E-state index is 12.0. The van der Waals surface area contributed by atoms with E-state index in [0.717, 1.165) is 29.5 Å². The third-order valence-electron chi connectivity index (χ3n) is 4.00. The van der Waals surface area contributed by atoms with Crippen LogP contribution in [0.25, 0.3) is 0 Å². The second-order valence-electron chi connectivity index (χ2n) is 6.04. The number of carbonyl (C=O) groups excluding carboxylic acids is 2. The fraction of sp³-hybridized carbons (Fsp3) is 0.333. The van der Waals surface area contributed by atoms with Gasteiger partial charge in [0.05, 0.1) is 20.1 Å². The number of methoxy groups -OCH3 is 1. The molecule has 5 nitrogen and oxygen atoms in total. The van der Waals surface area contributed by atoms with Crippen molar-refractivity contribution < 1.29 is 19.1 Å². The van der Waals surface area contributed by atoms with Gasteiger partial charge in [0.2, 0.25) is 0 Å². The van der Waals surface area contributed by atoms with Crippen LogP contribution in [-0.2, 0) is 16.0 Å². The summed E-state index contributed by atoms with van der Waals surface area (Å²) >= 11 is 3.40. The van der Waals surface area contributed by atoms with Crippen molar-refractivity contribution in [1.29, 1.82) is 0 Å². The van der Waals surface area contributed by atoms with Crippen LogP contribution in [0.1, 0.15) is 35.2 Å². The van der Waals surface area contributed by atoms with Crippen molar-refractivity contribution in [1.82, 2.24) is 5.32 Å². The minimum Gasteiger partial charge on any atom is -0.494 e. The van der Waals surface area contributed by atoms with Gasteiger partial charge in [-0.1, -0.05) is 28.1 Å². The molecule has 0 fully saturated rings. The van der Waals surface area contributed by atoms with Crippen LogP contribution in [-0.4, -0.2) is 32.1 Å². The van der Waals surface area contributed by atoms with Gasteiger partial charge < -0.3 is 14.8 Å². The minimum absolute atomic E-state index is 0.169. The molecular weight excluding hydrogens is 410 g/mol. The second-order valence-corrected chi connectivity index (χ2v) is 6.95. The quantitative estimate of drug-likeness (QED) is 0.451. The highest BCUT2D eigenvalue weighted by atomic mass is 79.9. The number of carbonyl (C=O) groups is 2. The summed E-state index contributed by atoms with van der Waals surface area (Å²) in [7, 11) is 1.33. The molecule has 0 atom stereocenters. The van der Waals surface area contributed by atoms with E-state index in [1.165, 1.54) is 12.7 Å². The number of esters is 1. The fourth-order valence-electron chi connectivity index (χ4n) is 2.46. The van der Waals surface area contributed by atoms with Crippen LogP contribution in [0.15, 0.2) is 53.0 Å². The molecule has 0 aliphatic rings. The largest absolute Gasteiger partial charge is 0.494 e. The topological polar surface area (TPSA) is 64.6 Å². The van der Waals surface area contributed by atoms with Crippen molar-refractivity contribution in [2.45, 2.75) is 25.7 Å². The molecule has 2 aromatic carbocycles. The van der Waals surface area contributed by atoms with E-state index >= 15 is 0 Å². The molecule has 0 heterocycles. The number of ether oxygens (including phenoxy) is 2. The average Bonchev–Trinajstić information content (AvgIpc) is 2.69. The lowest BCUT2D eigenvalue weighted by molar-refractivity contribution is -0.140. The lowest BCUT2D eigenvalue weighted by Gasteiger charge is -2.07. The molecule has 1 amide bonds. The van der Waals surface area contributed by atoms with Crippen LogP contribution in [0.2, 0.25) is 0 Å². The van der Waals surface area contributed by atoms with Crippen molar-refractivity contribution in [3.8, 4) is 5.75 Å². The monoisotopic (exact) mass is 433 g/mol. The Bertz CT molecular complexity index is 729. The van der Waals surface area contributed by atoms with Crippen LogP contribution in [0.4, 0.5) is 0 Å². The lowest BCUT2D eigenvalue weighted by Crippen LogP contribution is -2.26. The standard InChI is InChI=1S/C21H24BrNO4/c1-26-20(24)13-14-23-21(25)17-7-5-16(6-8-17)4-2-3-15-27-19-11-9-18(22)10-12-19/h5-12H,2-4,13-15H2,1H3,(H,23,25). The first kappa shape index (κ1) is 21.0. The van der Waals surface area contributed by atoms with Gasteiger partial charge in [-0.3, -0.25) is 9.59 Å². The Morgan fingerprint density at radius 1 is 1.00 bits per heavy atom. The van der Waals surface area contributed by atoms with Crippen LogP contribution in [0.5, 0.6) is 5.75 Å². The molecule has 0 aliphatic carbocycles. The van der Waals surface area contributed by atoms with Crippen molar-refractivity contribution in [2.75, 3.05) is 20.3 Å². The molecule has 2 aromatic rings. The first-order valence-corrected chi connectivity index (χ1v) is 9.70. The molecule has 0 aliphatic heterocycles. The summed E-state index contributed by atoms with van der Waals surface area (Å²) in [5, 5.41) is 2.70. The molecule has 0 aromatic heterocycles. The zero-order chi connectivity index (χ0) is 19.5.